The third-order valence-corrected chi connectivity index (χ3v) is 4.44. The van der Waals surface area contributed by atoms with E-state index >= 15 is 0 Å². The molecule has 24 heavy (non-hydrogen) atoms. The van der Waals surface area contributed by atoms with Gasteiger partial charge in [-0.1, -0.05) is 37.3 Å². The highest BCUT2D eigenvalue weighted by molar-refractivity contribution is 5.93. The normalized spacial score (nSPS) is 15.2. The highest BCUT2D eigenvalue weighted by Crippen LogP contribution is 2.29. The van der Waals surface area contributed by atoms with Crippen molar-refractivity contribution in [2.24, 2.45) is 0 Å². The molecule has 0 saturated carbocycles. The van der Waals surface area contributed by atoms with Crippen LogP contribution >= 0.6 is 0 Å². The quantitative estimate of drug-likeness (QED) is 0.798. The number of hydrogen-bond acceptors (Lipinski definition) is 5. The van der Waals surface area contributed by atoms with Gasteiger partial charge in [0.1, 0.15) is 5.82 Å². The van der Waals surface area contributed by atoms with Crippen LogP contribution in [0, 0.1) is 6.92 Å². The van der Waals surface area contributed by atoms with E-state index in [0.717, 1.165) is 66.4 Å². The summed E-state index contributed by atoms with van der Waals surface area (Å²) < 4.78 is 0. The summed E-state index contributed by atoms with van der Waals surface area (Å²) in [7, 11) is 0. The molecule has 1 fully saturated rings. The molecule has 2 aromatic heterocycles. The van der Waals surface area contributed by atoms with Crippen molar-refractivity contribution in [1.82, 2.24) is 25.2 Å². The Morgan fingerprint density at radius 2 is 1.83 bits per heavy atom. The van der Waals surface area contributed by atoms with Crippen LogP contribution in [0.1, 0.15) is 18.4 Å². The molecule has 0 atom stereocenters. The number of piperazine rings is 1. The Balaban J connectivity index is 1.96. The van der Waals surface area contributed by atoms with Gasteiger partial charge in [0.2, 0.25) is 0 Å². The predicted molar refractivity (Wildman–Crippen MR) is 95.7 cm³/mol. The zero-order valence-electron chi connectivity index (χ0n) is 14.2. The molecule has 0 bridgehead atoms. The zero-order chi connectivity index (χ0) is 16.5. The SMILES string of the molecule is CCc1nn(N2CCNCC2)c2nc(C)nc(-c3ccccc3)c12. The summed E-state index contributed by atoms with van der Waals surface area (Å²) in [4.78, 5) is 11.5. The summed E-state index contributed by atoms with van der Waals surface area (Å²) in [5.74, 6) is 0.778. The molecule has 6 nitrogen and oxygen atoms in total. The Morgan fingerprint density at radius 1 is 1.08 bits per heavy atom. The molecular weight excluding hydrogens is 300 g/mol. The Kier molecular flexibility index (Phi) is 3.90. The minimum absolute atomic E-state index is 0.778. The third kappa shape index (κ3) is 2.53. The summed E-state index contributed by atoms with van der Waals surface area (Å²) >= 11 is 0. The van der Waals surface area contributed by atoms with Crippen LogP contribution in [0.5, 0.6) is 0 Å². The number of aryl methyl sites for hydroxylation is 2. The molecule has 0 unspecified atom stereocenters. The molecule has 3 aromatic rings. The maximum absolute atomic E-state index is 4.87. The molecule has 0 amide bonds. The minimum Gasteiger partial charge on any atom is -0.313 e. The summed E-state index contributed by atoms with van der Waals surface area (Å²) in [6.07, 6.45) is 0.863. The van der Waals surface area contributed by atoms with Gasteiger partial charge in [0, 0.05) is 31.7 Å². The first-order chi connectivity index (χ1) is 11.8. The summed E-state index contributed by atoms with van der Waals surface area (Å²) in [5.41, 5.74) is 4.07. The van der Waals surface area contributed by atoms with Gasteiger partial charge >= 0.3 is 0 Å². The van der Waals surface area contributed by atoms with Crippen molar-refractivity contribution in [3.05, 3.63) is 41.9 Å². The molecule has 6 heteroatoms. The van der Waals surface area contributed by atoms with Crippen LogP contribution in [-0.4, -0.2) is 46.0 Å². The Hall–Kier alpha value is -2.47. The summed E-state index contributed by atoms with van der Waals surface area (Å²) in [5, 5.41) is 11.6. The highest BCUT2D eigenvalue weighted by Gasteiger charge is 2.21. The Morgan fingerprint density at radius 3 is 2.54 bits per heavy atom. The molecule has 4 rings (SSSR count). The van der Waals surface area contributed by atoms with Crippen LogP contribution in [0.15, 0.2) is 30.3 Å². The first kappa shape index (κ1) is 15.1. The Labute approximate surface area is 141 Å². The van der Waals surface area contributed by atoms with Crippen LogP contribution in [0.4, 0.5) is 0 Å². The Bertz CT molecular complexity index is 849. The molecule has 1 aliphatic rings. The monoisotopic (exact) mass is 322 g/mol. The van der Waals surface area contributed by atoms with Crippen LogP contribution in [-0.2, 0) is 6.42 Å². The van der Waals surface area contributed by atoms with Crippen LogP contribution < -0.4 is 10.3 Å². The second-order valence-corrected chi connectivity index (χ2v) is 6.08. The topological polar surface area (TPSA) is 58.9 Å². The van der Waals surface area contributed by atoms with Crippen molar-refractivity contribution in [2.75, 3.05) is 31.2 Å². The molecule has 0 aliphatic carbocycles. The fourth-order valence-electron chi connectivity index (χ4n) is 3.27. The van der Waals surface area contributed by atoms with E-state index in [1.807, 2.05) is 29.9 Å². The lowest BCUT2D eigenvalue weighted by atomic mass is 10.1. The van der Waals surface area contributed by atoms with E-state index in [0.29, 0.717) is 0 Å². The van der Waals surface area contributed by atoms with E-state index in [1.54, 1.807) is 0 Å². The smallest absolute Gasteiger partial charge is 0.185 e. The van der Waals surface area contributed by atoms with Gasteiger partial charge in [-0.3, -0.25) is 5.01 Å². The maximum atomic E-state index is 4.87. The first-order valence-corrected chi connectivity index (χ1v) is 8.55. The number of rotatable bonds is 3. The van der Waals surface area contributed by atoms with Gasteiger partial charge < -0.3 is 5.32 Å². The zero-order valence-corrected chi connectivity index (χ0v) is 14.2. The van der Waals surface area contributed by atoms with E-state index in [9.17, 15) is 0 Å². The van der Waals surface area contributed by atoms with E-state index in [1.165, 1.54) is 0 Å². The lowest BCUT2D eigenvalue weighted by Crippen LogP contribution is -2.49. The number of benzene rings is 1. The lowest BCUT2D eigenvalue weighted by molar-refractivity contribution is 0.465. The predicted octanol–water partition coefficient (Wildman–Crippen LogP) is 1.91. The summed E-state index contributed by atoms with van der Waals surface area (Å²) in [6.45, 7) is 7.90. The molecule has 1 N–H and O–H groups in total. The number of aromatic nitrogens is 4. The number of fused-ring (bicyclic) bond motifs is 1. The fraction of sp³-hybridized carbons (Fsp3) is 0.389. The largest absolute Gasteiger partial charge is 0.313 e. The molecule has 0 spiro atoms. The second-order valence-electron chi connectivity index (χ2n) is 6.08. The van der Waals surface area contributed by atoms with Gasteiger partial charge in [0.05, 0.1) is 16.8 Å². The lowest BCUT2D eigenvalue weighted by Gasteiger charge is -2.29. The molecule has 0 radical (unpaired) electrons. The average molecular weight is 322 g/mol. The van der Waals surface area contributed by atoms with E-state index in [2.05, 4.69) is 29.4 Å². The molecular formula is C18H22N6. The van der Waals surface area contributed by atoms with Crippen molar-refractivity contribution in [1.29, 1.82) is 0 Å². The number of nitrogens with zero attached hydrogens (tertiary/aromatic N) is 5. The minimum atomic E-state index is 0.778. The average Bonchev–Trinajstić information content (AvgIpc) is 3.01. The third-order valence-electron chi connectivity index (χ3n) is 4.44. The van der Waals surface area contributed by atoms with Crippen LogP contribution in [0.3, 0.4) is 0 Å². The van der Waals surface area contributed by atoms with Gasteiger partial charge in [0.25, 0.3) is 0 Å². The summed E-state index contributed by atoms with van der Waals surface area (Å²) in [6, 6.07) is 10.3. The van der Waals surface area contributed by atoms with Crippen molar-refractivity contribution in [3.63, 3.8) is 0 Å². The van der Waals surface area contributed by atoms with Crippen molar-refractivity contribution >= 4 is 11.0 Å². The van der Waals surface area contributed by atoms with E-state index < -0.39 is 0 Å². The van der Waals surface area contributed by atoms with Gasteiger partial charge in [-0.25, -0.2) is 9.97 Å². The molecule has 1 aromatic carbocycles. The van der Waals surface area contributed by atoms with Crippen molar-refractivity contribution in [3.8, 4) is 11.3 Å². The molecule has 1 aliphatic heterocycles. The fourth-order valence-corrected chi connectivity index (χ4v) is 3.27. The van der Waals surface area contributed by atoms with Gasteiger partial charge in [-0.2, -0.15) is 9.89 Å². The van der Waals surface area contributed by atoms with Gasteiger partial charge in [-0.05, 0) is 13.3 Å². The standard InChI is InChI=1S/C18H22N6/c1-3-15-16-17(14-7-5-4-6-8-14)20-13(2)21-18(16)24(22-15)23-11-9-19-10-12-23/h4-8,19H,3,9-12H2,1-2H3. The van der Waals surface area contributed by atoms with E-state index in [4.69, 9.17) is 15.1 Å². The van der Waals surface area contributed by atoms with Crippen LogP contribution in [0.2, 0.25) is 0 Å². The number of nitrogens with one attached hydrogen (secondary N) is 1. The van der Waals surface area contributed by atoms with Gasteiger partial charge in [0.15, 0.2) is 5.65 Å². The second kappa shape index (κ2) is 6.20. The van der Waals surface area contributed by atoms with Crippen LogP contribution in [0.25, 0.3) is 22.3 Å². The van der Waals surface area contributed by atoms with Crippen molar-refractivity contribution < 1.29 is 0 Å². The van der Waals surface area contributed by atoms with Crippen molar-refractivity contribution in [2.45, 2.75) is 20.3 Å². The molecule has 3 heterocycles. The van der Waals surface area contributed by atoms with E-state index in [-0.39, 0.29) is 0 Å². The first-order valence-electron chi connectivity index (χ1n) is 8.55. The highest BCUT2D eigenvalue weighted by atomic mass is 15.7. The van der Waals surface area contributed by atoms with Gasteiger partial charge in [-0.15, -0.1) is 0 Å². The molecule has 124 valence electrons. The maximum Gasteiger partial charge on any atom is 0.185 e. The number of hydrogen-bond donors (Lipinski definition) is 1. The molecule has 1 saturated heterocycles.